The van der Waals surface area contributed by atoms with Gasteiger partial charge in [0.1, 0.15) is 0 Å². The highest BCUT2D eigenvalue weighted by Crippen LogP contribution is 2.25. The molecule has 5 aromatic rings. The van der Waals surface area contributed by atoms with E-state index in [1.165, 1.54) is 17.0 Å². The van der Waals surface area contributed by atoms with E-state index >= 15 is 0 Å². The van der Waals surface area contributed by atoms with Gasteiger partial charge in [0.2, 0.25) is 0 Å². The van der Waals surface area contributed by atoms with Crippen molar-refractivity contribution in [1.29, 1.82) is 0 Å². The SMILES string of the molecule is O=c1cnc2ncccc2n1Cc1cccc(-c2ccc3ccccc3c2)c1. The molecule has 28 heavy (non-hydrogen) atoms. The minimum Gasteiger partial charge on any atom is -0.300 e. The van der Waals surface area contributed by atoms with E-state index in [9.17, 15) is 4.79 Å². The summed E-state index contributed by atoms with van der Waals surface area (Å²) in [5.74, 6) is 0. The second-order valence-corrected chi connectivity index (χ2v) is 6.79. The first-order valence-corrected chi connectivity index (χ1v) is 9.17. The second kappa shape index (κ2) is 6.74. The Labute approximate surface area is 161 Å². The molecule has 4 heteroatoms. The van der Waals surface area contributed by atoms with Crippen LogP contribution < -0.4 is 5.56 Å². The molecular weight excluding hydrogens is 346 g/mol. The lowest BCUT2D eigenvalue weighted by atomic mass is 10.00. The Balaban J connectivity index is 1.56. The molecule has 0 fully saturated rings. The number of hydrogen-bond acceptors (Lipinski definition) is 3. The molecule has 3 aromatic carbocycles. The van der Waals surface area contributed by atoms with Gasteiger partial charge in [0.05, 0.1) is 18.3 Å². The molecule has 0 aliphatic carbocycles. The fourth-order valence-corrected chi connectivity index (χ4v) is 3.57. The molecule has 0 aliphatic rings. The molecule has 0 N–H and O–H groups in total. The molecule has 2 heterocycles. The molecular formula is C24H17N3O. The van der Waals surface area contributed by atoms with E-state index in [-0.39, 0.29) is 5.56 Å². The maximum atomic E-state index is 12.4. The number of fused-ring (bicyclic) bond motifs is 2. The Kier molecular flexibility index (Phi) is 3.95. The van der Waals surface area contributed by atoms with Crippen LogP contribution in [0.4, 0.5) is 0 Å². The summed E-state index contributed by atoms with van der Waals surface area (Å²) in [4.78, 5) is 20.8. The molecule has 0 saturated heterocycles. The molecule has 0 atom stereocenters. The Morgan fingerprint density at radius 2 is 1.61 bits per heavy atom. The van der Waals surface area contributed by atoms with Crippen molar-refractivity contribution in [3.63, 3.8) is 0 Å². The van der Waals surface area contributed by atoms with Crippen LogP contribution >= 0.6 is 0 Å². The standard InChI is InChI=1S/C24H17N3O/c28-23-15-26-24-22(9-4-12-25-24)27(23)16-17-5-3-8-19(13-17)21-11-10-18-6-1-2-7-20(18)14-21/h1-15H,16H2. The summed E-state index contributed by atoms with van der Waals surface area (Å²) in [7, 11) is 0. The first-order valence-electron chi connectivity index (χ1n) is 9.17. The maximum absolute atomic E-state index is 12.4. The van der Waals surface area contributed by atoms with E-state index in [1.807, 2.05) is 30.3 Å². The van der Waals surface area contributed by atoms with Gasteiger partial charge in [-0.25, -0.2) is 9.97 Å². The van der Waals surface area contributed by atoms with Crippen LogP contribution in [0.1, 0.15) is 5.56 Å². The third kappa shape index (κ3) is 2.95. The van der Waals surface area contributed by atoms with Crippen LogP contribution in [0.25, 0.3) is 33.1 Å². The van der Waals surface area contributed by atoms with Crippen molar-refractivity contribution in [3.8, 4) is 11.1 Å². The highest BCUT2D eigenvalue weighted by atomic mass is 16.1. The molecule has 0 aliphatic heterocycles. The van der Waals surface area contributed by atoms with Crippen molar-refractivity contribution in [1.82, 2.24) is 14.5 Å². The number of aromatic nitrogens is 3. The predicted octanol–water partition coefficient (Wildman–Crippen LogP) is 4.66. The van der Waals surface area contributed by atoms with Crippen molar-refractivity contribution in [3.05, 3.63) is 107 Å². The third-order valence-corrected chi connectivity index (χ3v) is 4.97. The molecule has 2 aromatic heterocycles. The Morgan fingerprint density at radius 1 is 0.750 bits per heavy atom. The predicted molar refractivity (Wildman–Crippen MR) is 112 cm³/mol. The van der Waals surface area contributed by atoms with Crippen LogP contribution in [-0.2, 0) is 6.54 Å². The van der Waals surface area contributed by atoms with Gasteiger partial charge in [-0.15, -0.1) is 0 Å². The lowest BCUT2D eigenvalue weighted by molar-refractivity contribution is 0.784. The van der Waals surface area contributed by atoms with Crippen LogP contribution in [0.15, 0.2) is 96.1 Å². The molecule has 0 bridgehead atoms. The molecule has 0 spiro atoms. The van der Waals surface area contributed by atoms with Gasteiger partial charge in [0, 0.05) is 6.20 Å². The Morgan fingerprint density at radius 3 is 2.54 bits per heavy atom. The number of nitrogens with zero attached hydrogens (tertiary/aromatic N) is 3. The monoisotopic (exact) mass is 363 g/mol. The second-order valence-electron chi connectivity index (χ2n) is 6.79. The summed E-state index contributed by atoms with van der Waals surface area (Å²) in [6.45, 7) is 0.477. The fourth-order valence-electron chi connectivity index (χ4n) is 3.57. The molecule has 0 radical (unpaired) electrons. The first-order chi connectivity index (χ1) is 13.8. The Hall–Kier alpha value is -3.79. The minimum atomic E-state index is -0.128. The van der Waals surface area contributed by atoms with Crippen molar-refractivity contribution < 1.29 is 0 Å². The maximum Gasteiger partial charge on any atom is 0.269 e. The van der Waals surface area contributed by atoms with Crippen molar-refractivity contribution in [2.45, 2.75) is 6.54 Å². The average molecular weight is 363 g/mol. The summed E-state index contributed by atoms with van der Waals surface area (Å²) in [6, 6.07) is 26.8. The summed E-state index contributed by atoms with van der Waals surface area (Å²) in [5, 5.41) is 2.44. The molecule has 4 nitrogen and oxygen atoms in total. The quantitative estimate of drug-likeness (QED) is 0.468. The van der Waals surface area contributed by atoms with Crippen LogP contribution in [-0.4, -0.2) is 14.5 Å². The summed E-state index contributed by atoms with van der Waals surface area (Å²) >= 11 is 0. The largest absolute Gasteiger partial charge is 0.300 e. The summed E-state index contributed by atoms with van der Waals surface area (Å²) in [6.07, 6.45) is 3.02. The summed E-state index contributed by atoms with van der Waals surface area (Å²) in [5.41, 5.74) is 4.54. The van der Waals surface area contributed by atoms with Crippen molar-refractivity contribution >= 4 is 21.9 Å². The zero-order valence-corrected chi connectivity index (χ0v) is 15.1. The molecule has 5 rings (SSSR count). The fraction of sp³-hybridized carbons (Fsp3) is 0.0417. The van der Waals surface area contributed by atoms with Gasteiger partial charge in [-0.2, -0.15) is 0 Å². The van der Waals surface area contributed by atoms with Gasteiger partial charge in [-0.05, 0) is 51.7 Å². The van der Waals surface area contributed by atoms with Crippen LogP contribution in [0.5, 0.6) is 0 Å². The molecule has 0 amide bonds. The van der Waals surface area contributed by atoms with E-state index < -0.39 is 0 Å². The Bertz CT molecular complexity index is 1370. The van der Waals surface area contributed by atoms with E-state index in [1.54, 1.807) is 10.8 Å². The van der Waals surface area contributed by atoms with E-state index in [4.69, 9.17) is 0 Å². The van der Waals surface area contributed by atoms with Crippen LogP contribution in [0, 0.1) is 0 Å². The number of pyridine rings is 1. The topological polar surface area (TPSA) is 47.8 Å². The van der Waals surface area contributed by atoms with Crippen molar-refractivity contribution in [2.24, 2.45) is 0 Å². The van der Waals surface area contributed by atoms with Gasteiger partial charge in [0.25, 0.3) is 5.56 Å². The minimum absolute atomic E-state index is 0.128. The summed E-state index contributed by atoms with van der Waals surface area (Å²) < 4.78 is 1.72. The lowest BCUT2D eigenvalue weighted by Gasteiger charge is -2.11. The van der Waals surface area contributed by atoms with E-state index in [2.05, 4.69) is 58.5 Å². The molecule has 0 unspecified atom stereocenters. The third-order valence-electron chi connectivity index (χ3n) is 4.97. The van der Waals surface area contributed by atoms with Crippen molar-refractivity contribution in [2.75, 3.05) is 0 Å². The van der Waals surface area contributed by atoms with Gasteiger partial charge in [-0.3, -0.25) is 9.36 Å². The van der Waals surface area contributed by atoms with Gasteiger partial charge >= 0.3 is 0 Å². The zero-order valence-electron chi connectivity index (χ0n) is 15.1. The van der Waals surface area contributed by atoms with Crippen LogP contribution in [0.2, 0.25) is 0 Å². The average Bonchev–Trinajstić information content (AvgIpc) is 2.76. The van der Waals surface area contributed by atoms with Gasteiger partial charge < -0.3 is 0 Å². The zero-order chi connectivity index (χ0) is 18.9. The molecule has 134 valence electrons. The van der Waals surface area contributed by atoms with Crippen LogP contribution in [0.3, 0.4) is 0 Å². The first kappa shape index (κ1) is 16.4. The number of hydrogen-bond donors (Lipinski definition) is 0. The van der Waals surface area contributed by atoms with Gasteiger partial charge in [0.15, 0.2) is 5.65 Å². The number of benzene rings is 3. The highest BCUT2D eigenvalue weighted by Gasteiger charge is 2.07. The molecule has 0 saturated carbocycles. The normalized spacial score (nSPS) is 11.1. The van der Waals surface area contributed by atoms with E-state index in [0.29, 0.717) is 12.2 Å². The lowest BCUT2D eigenvalue weighted by Crippen LogP contribution is -2.21. The number of rotatable bonds is 3. The van der Waals surface area contributed by atoms with Gasteiger partial charge in [-0.1, -0.05) is 54.6 Å². The van der Waals surface area contributed by atoms with E-state index in [0.717, 1.165) is 22.2 Å². The highest BCUT2D eigenvalue weighted by molar-refractivity contribution is 5.87. The smallest absolute Gasteiger partial charge is 0.269 e.